The molecule has 1 saturated heterocycles. The molecule has 1 unspecified atom stereocenters. The number of alkyl halides is 1. The minimum atomic E-state index is -4.39. The summed E-state index contributed by atoms with van der Waals surface area (Å²) in [5, 5.41) is 13.2. The number of allylic oxidation sites excluding steroid dienone is 3. The van der Waals surface area contributed by atoms with Gasteiger partial charge in [-0.2, -0.15) is 5.09 Å². The highest BCUT2D eigenvalue weighted by molar-refractivity contribution is 7.52. The molecule has 2 heterocycles. The van der Waals surface area contributed by atoms with E-state index in [-0.39, 0.29) is 5.75 Å². The number of benzene rings is 1. The largest absolute Gasteiger partial charge is 0.462 e. The first-order chi connectivity index (χ1) is 19.2. The summed E-state index contributed by atoms with van der Waals surface area (Å²) in [4.78, 5) is 38.1. The molecule has 1 aromatic carbocycles. The topological polar surface area (TPSA) is 158 Å². The van der Waals surface area contributed by atoms with Crippen molar-refractivity contribution < 1.29 is 37.4 Å². The molecule has 1 aromatic heterocycles. The molecule has 0 spiro atoms. The molecule has 0 saturated carbocycles. The molecule has 224 valence electrons. The van der Waals surface area contributed by atoms with Gasteiger partial charge in [0.2, 0.25) is 0 Å². The first-order valence-corrected chi connectivity index (χ1v) is 14.4. The Morgan fingerprint density at radius 2 is 1.95 bits per heavy atom. The molecule has 12 nitrogen and oxygen atoms in total. The van der Waals surface area contributed by atoms with E-state index in [0.717, 1.165) is 34.9 Å². The van der Waals surface area contributed by atoms with Crippen molar-refractivity contribution in [2.45, 2.75) is 70.9 Å². The summed E-state index contributed by atoms with van der Waals surface area (Å²) in [7, 11) is -4.39. The average Bonchev–Trinajstić information content (AvgIpc) is 3.12. The molecule has 0 bridgehead atoms. The maximum absolute atomic E-state index is 15.6. The lowest BCUT2D eigenvalue weighted by molar-refractivity contribution is -0.149. The van der Waals surface area contributed by atoms with E-state index in [1.807, 2.05) is 18.0 Å². The first kappa shape index (κ1) is 32.2. The van der Waals surface area contributed by atoms with E-state index in [1.165, 1.54) is 19.1 Å². The number of hydrogen-bond donors (Lipinski definition) is 3. The Hall–Kier alpha value is -3.35. The van der Waals surface area contributed by atoms with Crippen LogP contribution in [0.3, 0.4) is 0 Å². The van der Waals surface area contributed by atoms with Crippen LogP contribution >= 0.6 is 7.75 Å². The zero-order valence-corrected chi connectivity index (χ0v) is 24.3. The molecule has 0 radical (unpaired) electrons. The Morgan fingerprint density at radius 1 is 1.29 bits per heavy atom. The quantitative estimate of drug-likeness (QED) is 0.189. The highest BCUT2D eigenvalue weighted by atomic mass is 31.2. The normalized spacial score (nSPS) is 25.0. The van der Waals surface area contributed by atoms with Crippen molar-refractivity contribution in [2.24, 2.45) is 0 Å². The van der Waals surface area contributed by atoms with Crippen LogP contribution in [0.25, 0.3) is 5.57 Å². The van der Waals surface area contributed by atoms with E-state index in [1.54, 1.807) is 32.1 Å². The Balaban J connectivity index is 1.84. The van der Waals surface area contributed by atoms with Gasteiger partial charge in [-0.1, -0.05) is 30.9 Å². The average molecular weight is 596 g/mol. The molecule has 2 aromatic rings. The summed E-state index contributed by atoms with van der Waals surface area (Å²) < 4.78 is 52.2. The number of esters is 1. The monoisotopic (exact) mass is 595 g/mol. The van der Waals surface area contributed by atoms with Gasteiger partial charge in [0.15, 0.2) is 11.9 Å². The van der Waals surface area contributed by atoms with Crippen LogP contribution < -0.4 is 20.9 Å². The molecule has 0 aliphatic carbocycles. The lowest BCUT2D eigenvalue weighted by atomic mass is 9.98. The van der Waals surface area contributed by atoms with E-state index in [9.17, 15) is 24.1 Å². The van der Waals surface area contributed by atoms with Crippen molar-refractivity contribution in [1.82, 2.24) is 14.6 Å². The molecule has 1 aliphatic heterocycles. The minimum Gasteiger partial charge on any atom is -0.462 e. The molecule has 0 amide bonds. The van der Waals surface area contributed by atoms with Gasteiger partial charge < -0.3 is 19.1 Å². The fraction of sp³-hybridized carbons (Fsp3) is 0.444. The van der Waals surface area contributed by atoms with Gasteiger partial charge in [-0.05, 0) is 57.9 Å². The Labute approximate surface area is 236 Å². The summed E-state index contributed by atoms with van der Waals surface area (Å²) in [5.41, 5.74) is -2.47. The van der Waals surface area contributed by atoms with Gasteiger partial charge >= 0.3 is 19.4 Å². The maximum atomic E-state index is 15.6. The van der Waals surface area contributed by atoms with Crippen molar-refractivity contribution in [3.05, 3.63) is 81.7 Å². The van der Waals surface area contributed by atoms with E-state index >= 15 is 4.39 Å². The zero-order chi connectivity index (χ0) is 30.5. The first-order valence-electron chi connectivity index (χ1n) is 12.9. The third-order valence-corrected chi connectivity index (χ3v) is 7.87. The van der Waals surface area contributed by atoms with Crippen LogP contribution in [0.15, 0.2) is 64.8 Å². The van der Waals surface area contributed by atoms with E-state index in [2.05, 4.69) is 11.7 Å². The molecule has 3 rings (SSSR count). The Kier molecular flexibility index (Phi) is 10.3. The van der Waals surface area contributed by atoms with Crippen molar-refractivity contribution in [1.29, 1.82) is 0 Å². The highest BCUT2D eigenvalue weighted by Gasteiger charge is 2.56. The summed E-state index contributed by atoms with van der Waals surface area (Å²) in [6.07, 6.45) is -0.760. The van der Waals surface area contributed by atoms with E-state index < -0.39 is 67.8 Å². The number of halogens is 1. The van der Waals surface area contributed by atoms with Gasteiger partial charge in [0.1, 0.15) is 24.0 Å². The van der Waals surface area contributed by atoms with Crippen LogP contribution in [0.5, 0.6) is 5.75 Å². The smallest absolute Gasteiger partial charge is 0.459 e. The summed E-state index contributed by atoms with van der Waals surface area (Å²) in [6.45, 7) is 10.7. The number of nitrogens with one attached hydrogen (secondary N) is 2. The molecular formula is C27H35FN3O9P. The second-order valence-electron chi connectivity index (χ2n) is 9.83. The number of aliphatic hydroxyl groups excluding tert-OH is 1. The number of H-pyrrole nitrogens is 1. The molecule has 14 heteroatoms. The van der Waals surface area contributed by atoms with Crippen molar-refractivity contribution in [2.75, 3.05) is 6.61 Å². The van der Waals surface area contributed by atoms with Crippen molar-refractivity contribution in [3.8, 4) is 5.75 Å². The maximum Gasteiger partial charge on any atom is 0.459 e. The third kappa shape index (κ3) is 7.69. The van der Waals surface area contributed by atoms with Gasteiger partial charge in [-0.15, -0.1) is 0 Å². The molecule has 3 N–H and O–H groups in total. The fourth-order valence-electron chi connectivity index (χ4n) is 4.10. The lowest BCUT2D eigenvalue weighted by Crippen LogP contribution is -2.43. The molecule has 41 heavy (non-hydrogen) atoms. The predicted octanol–water partition coefficient (Wildman–Crippen LogP) is 3.25. The van der Waals surface area contributed by atoms with Crippen LogP contribution in [0.1, 0.15) is 46.4 Å². The Bertz CT molecular complexity index is 1430. The van der Waals surface area contributed by atoms with Crippen LogP contribution in [0.2, 0.25) is 0 Å². The molecule has 1 fully saturated rings. The Morgan fingerprint density at radius 3 is 2.51 bits per heavy atom. The number of ether oxygens (including phenoxy) is 2. The summed E-state index contributed by atoms with van der Waals surface area (Å²) in [6, 6.07) is 6.34. The molecule has 6 atom stereocenters. The zero-order valence-electron chi connectivity index (χ0n) is 23.4. The minimum absolute atomic E-state index is 0.120. The van der Waals surface area contributed by atoms with Gasteiger partial charge in [-0.3, -0.25) is 23.7 Å². The number of aromatic nitrogens is 2. The molecule has 1 aliphatic rings. The number of aliphatic hydroxyl groups is 1. The van der Waals surface area contributed by atoms with Gasteiger partial charge in [-0.25, -0.2) is 13.8 Å². The number of rotatable bonds is 12. The number of nitrogens with zero attached hydrogens (tertiary/aromatic N) is 1. The second-order valence-corrected chi connectivity index (χ2v) is 11.5. The number of carbonyl (C=O) groups excluding carboxylic acids is 1. The van der Waals surface area contributed by atoms with Crippen LogP contribution in [0, 0.1) is 0 Å². The number of hydrogen-bond acceptors (Lipinski definition) is 9. The van der Waals surface area contributed by atoms with Crippen LogP contribution in [0.4, 0.5) is 4.39 Å². The standard InChI is InChI=1S/C27H35FN3O9P/c1-7-18(8-2)19-9-11-20(12-10-19)40-41(36,30-17(5)24(34)38-16(3)4)37-15-21-23(33)27(6,28)25(39-21)31-14-13-22(32)29-26(31)35/h7-14,16-17,21,23,25,33H,1,15H2,2-6H3,(H,30,36)(H,29,32,35)/b18-8+/t17-,21+,23+,25+,27+,41?/m0/s1. The predicted molar refractivity (Wildman–Crippen MR) is 149 cm³/mol. The van der Waals surface area contributed by atoms with Gasteiger partial charge in [0, 0.05) is 12.3 Å². The lowest BCUT2D eigenvalue weighted by Gasteiger charge is -2.25. The summed E-state index contributed by atoms with van der Waals surface area (Å²) >= 11 is 0. The fourth-order valence-corrected chi connectivity index (χ4v) is 5.60. The number of carbonyl (C=O) groups is 1. The highest BCUT2D eigenvalue weighted by Crippen LogP contribution is 2.47. The van der Waals surface area contributed by atoms with Crippen LogP contribution in [-0.4, -0.2) is 57.3 Å². The van der Waals surface area contributed by atoms with E-state index in [4.69, 9.17) is 18.5 Å². The van der Waals surface area contributed by atoms with Crippen LogP contribution in [-0.2, 0) is 23.4 Å². The molecular weight excluding hydrogens is 560 g/mol. The second kappa shape index (κ2) is 13.1. The van der Waals surface area contributed by atoms with E-state index in [0.29, 0.717) is 0 Å². The van der Waals surface area contributed by atoms with Crippen molar-refractivity contribution >= 4 is 19.3 Å². The van der Waals surface area contributed by atoms with Gasteiger partial charge in [0.25, 0.3) is 5.56 Å². The number of aromatic amines is 1. The van der Waals surface area contributed by atoms with Gasteiger partial charge in [0.05, 0.1) is 12.7 Å². The summed E-state index contributed by atoms with van der Waals surface area (Å²) in [5.74, 6) is -0.605. The third-order valence-electron chi connectivity index (χ3n) is 6.23. The van der Waals surface area contributed by atoms with Crippen molar-refractivity contribution in [3.63, 3.8) is 0 Å². The SMILES string of the molecule is C=C/C(=C\C)c1ccc(OP(=O)(N[C@@H](C)C(=O)OC(C)C)OC[C@H]2O[C@@H](n3ccc(=O)[nH]c3=O)[C@](C)(F)[C@@H]2O)cc1.